The first-order valence-corrected chi connectivity index (χ1v) is 13.0. The van der Waals surface area contributed by atoms with Gasteiger partial charge in [-0.15, -0.1) is 0 Å². The maximum Gasteiger partial charge on any atom is 0.225 e. The third-order valence-corrected chi connectivity index (χ3v) is 8.41. The van der Waals surface area contributed by atoms with Crippen LogP contribution in [-0.4, -0.2) is 60.1 Å². The van der Waals surface area contributed by atoms with Crippen molar-refractivity contribution in [3.8, 4) is 11.5 Å². The predicted octanol–water partition coefficient (Wildman–Crippen LogP) is 4.67. The van der Waals surface area contributed by atoms with Crippen molar-refractivity contribution in [2.45, 2.75) is 83.3 Å². The van der Waals surface area contributed by atoms with E-state index in [9.17, 15) is 4.79 Å². The van der Waals surface area contributed by atoms with Crippen molar-refractivity contribution in [3.05, 3.63) is 23.8 Å². The highest BCUT2D eigenvalue weighted by Gasteiger charge is 2.41. The second kappa shape index (κ2) is 9.24. The summed E-state index contributed by atoms with van der Waals surface area (Å²) in [4.78, 5) is 16.9. The van der Waals surface area contributed by atoms with Crippen LogP contribution in [0.3, 0.4) is 0 Å². The van der Waals surface area contributed by atoms with E-state index >= 15 is 0 Å². The minimum absolute atomic E-state index is 0.0526. The molecule has 1 spiro atoms. The van der Waals surface area contributed by atoms with E-state index < -0.39 is 0 Å². The van der Waals surface area contributed by atoms with Crippen LogP contribution in [0.1, 0.15) is 70.8 Å². The highest BCUT2D eigenvalue weighted by Crippen LogP contribution is 2.42. The summed E-state index contributed by atoms with van der Waals surface area (Å²) in [6.45, 7) is 8.83. The van der Waals surface area contributed by atoms with E-state index in [1.165, 1.54) is 50.8 Å². The van der Waals surface area contributed by atoms with Gasteiger partial charge in [0.05, 0.1) is 6.61 Å². The molecule has 1 aromatic carbocycles. The van der Waals surface area contributed by atoms with Crippen molar-refractivity contribution < 1.29 is 14.3 Å². The summed E-state index contributed by atoms with van der Waals surface area (Å²) in [5.41, 5.74) is 1.35. The smallest absolute Gasteiger partial charge is 0.225 e. The van der Waals surface area contributed by atoms with Crippen LogP contribution in [0.5, 0.6) is 11.5 Å². The summed E-state index contributed by atoms with van der Waals surface area (Å²) in [7, 11) is 0. The van der Waals surface area contributed by atoms with Gasteiger partial charge in [0.25, 0.3) is 0 Å². The Hall–Kier alpha value is -1.75. The van der Waals surface area contributed by atoms with E-state index in [2.05, 4.69) is 23.1 Å². The Bertz CT molecular complexity index is 803. The van der Waals surface area contributed by atoms with Crippen LogP contribution in [-0.2, 0) is 11.2 Å². The predicted molar refractivity (Wildman–Crippen MR) is 126 cm³/mol. The van der Waals surface area contributed by atoms with Crippen molar-refractivity contribution in [2.75, 3.05) is 32.8 Å². The van der Waals surface area contributed by atoms with E-state index in [0.29, 0.717) is 5.92 Å². The molecule has 0 atom stereocenters. The number of aryl methyl sites for hydroxylation is 1. The lowest BCUT2D eigenvalue weighted by Gasteiger charge is -2.48. The van der Waals surface area contributed by atoms with Gasteiger partial charge >= 0.3 is 0 Å². The second-order valence-electron chi connectivity index (χ2n) is 10.9. The standard InChI is InChI=1S/C27H40N2O3/c1-20(2)26(30)29-14-9-21(10-15-29)19-31-24-6-7-25-22(18-24)8-11-27(32-25)12-16-28(17-13-27)23-4-3-5-23/h6-7,18,20-21,23H,3-5,8-17,19H2,1-2H3. The number of rotatable bonds is 5. The van der Waals surface area contributed by atoms with Crippen LogP contribution < -0.4 is 9.47 Å². The SMILES string of the molecule is CC(C)C(=O)N1CCC(COc2ccc3c(c2)CCC2(CCN(C4CCC4)CC2)O3)CC1. The highest BCUT2D eigenvalue weighted by atomic mass is 16.5. The molecule has 0 aromatic heterocycles. The first kappa shape index (κ1) is 22.1. The number of amides is 1. The van der Waals surface area contributed by atoms with Gasteiger partial charge in [-0.05, 0) is 81.0 Å². The summed E-state index contributed by atoms with van der Waals surface area (Å²) < 4.78 is 12.8. The van der Waals surface area contributed by atoms with Crippen LogP contribution >= 0.6 is 0 Å². The third-order valence-electron chi connectivity index (χ3n) is 8.41. The minimum atomic E-state index is 0.0526. The van der Waals surface area contributed by atoms with Crippen LogP contribution in [0.15, 0.2) is 18.2 Å². The number of hydrogen-bond donors (Lipinski definition) is 0. The normalized spacial score (nSPS) is 24.2. The molecule has 3 heterocycles. The maximum atomic E-state index is 12.2. The van der Waals surface area contributed by atoms with Gasteiger partial charge in [-0.1, -0.05) is 20.3 Å². The summed E-state index contributed by atoms with van der Waals surface area (Å²) in [5, 5.41) is 0. The van der Waals surface area contributed by atoms with Gasteiger partial charge in [0, 0.05) is 38.1 Å². The van der Waals surface area contributed by atoms with E-state index in [1.54, 1.807) is 0 Å². The Kier molecular flexibility index (Phi) is 6.37. The molecular formula is C27H40N2O3. The molecule has 5 rings (SSSR count). The molecule has 5 heteroatoms. The Morgan fingerprint density at radius 2 is 1.84 bits per heavy atom. The monoisotopic (exact) mass is 440 g/mol. The minimum Gasteiger partial charge on any atom is -0.493 e. The summed E-state index contributed by atoms with van der Waals surface area (Å²) in [5.74, 6) is 2.94. The van der Waals surface area contributed by atoms with Gasteiger partial charge in [0.15, 0.2) is 0 Å². The molecule has 1 aliphatic carbocycles. The molecule has 0 bridgehead atoms. The van der Waals surface area contributed by atoms with Crippen LogP contribution in [0.4, 0.5) is 0 Å². The molecule has 1 aromatic rings. The summed E-state index contributed by atoms with van der Waals surface area (Å²) >= 11 is 0. The number of benzene rings is 1. The quantitative estimate of drug-likeness (QED) is 0.667. The van der Waals surface area contributed by atoms with Gasteiger partial charge < -0.3 is 19.3 Å². The summed E-state index contributed by atoms with van der Waals surface area (Å²) in [6.07, 6.45) is 10.8. The largest absolute Gasteiger partial charge is 0.493 e. The van der Waals surface area contributed by atoms with Crippen molar-refractivity contribution in [1.29, 1.82) is 0 Å². The summed E-state index contributed by atoms with van der Waals surface area (Å²) in [6, 6.07) is 7.27. The van der Waals surface area contributed by atoms with Gasteiger partial charge in [-0.25, -0.2) is 0 Å². The zero-order valence-corrected chi connectivity index (χ0v) is 20.0. The Labute approximate surface area is 193 Å². The van der Waals surface area contributed by atoms with Gasteiger partial charge in [-0.2, -0.15) is 0 Å². The molecule has 5 nitrogen and oxygen atoms in total. The lowest BCUT2D eigenvalue weighted by atomic mass is 9.81. The van der Waals surface area contributed by atoms with Crippen molar-refractivity contribution >= 4 is 5.91 Å². The fourth-order valence-corrected chi connectivity index (χ4v) is 5.89. The van der Waals surface area contributed by atoms with Crippen molar-refractivity contribution in [1.82, 2.24) is 9.80 Å². The zero-order chi connectivity index (χ0) is 22.1. The molecule has 0 N–H and O–H groups in total. The topological polar surface area (TPSA) is 42.0 Å². The Morgan fingerprint density at radius 1 is 1.09 bits per heavy atom. The lowest BCUT2D eigenvalue weighted by Crippen LogP contribution is -2.53. The van der Waals surface area contributed by atoms with Gasteiger partial charge in [0.2, 0.25) is 5.91 Å². The number of hydrogen-bond acceptors (Lipinski definition) is 4. The molecule has 3 fully saturated rings. The number of ether oxygens (including phenoxy) is 2. The van der Waals surface area contributed by atoms with Gasteiger partial charge in [0.1, 0.15) is 17.1 Å². The average molecular weight is 441 g/mol. The zero-order valence-electron chi connectivity index (χ0n) is 20.0. The van der Waals surface area contributed by atoms with Crippen LogP contribution in [0.25, 0.3) is 0 Å². The number of fused-ring (bicyclic) bond motifs is 1. The van der Waals surface area contributed by atoms with E-state index in [4.69, 9.17) is 9.47 Å². The number of piperidine rings is 2. The molecule has 1 saturated carbocycles. The average Bonchev–Trinajstić information content (AvgIpc) is 2.78. The Balaban J connectivity index is 1.11. The number of carbonyl (C=O) groups excluding carboxylic acids is 1. The van der Waals surface area contributed by atoms with Gasteiger partial charge in [-0.3, -0.25) is 4.79 Å². The van der Waals surface area contributed by atoms with Crippen molar-refractivity contribution in [2.24, 2.45) is 11.8 Å². The van der Waals surface area contributed by atoms with E-state index in [0.717, 1.165) is 62.9 Å². The number of nitrogens with zero attached hydrogens (tertiary/aromatic N) is 2. The molecule has 3 aliphatic heterocycles. The van der Waals surface area contributed by atoms with Crippen LogP contribution in [0, 0.1) is 11.8 Å². The Morgan fingerprint density at radius 3 is 2.50 bits per heavy atom. The van der Waals surface area contributed by atoms with E-state index in [1.807, 2.05) is 18.7 Å². The first-order chi connectivity index (χ1) is 15.5. The first-order valence-electron chi connectivity index (χ1n) is 13.0. The molecule has 176 valence electrons. The van der Waals surface area contributed by atoms with E-state index in [-0.39, 0.29) is 17.4 Å². The molecule has 1 amide bonds. The fourth-order valence-electron chi connectivity index (χ4n) is 5.89. The molecule has 4 aliphatic rings. The van der Waals surface area contributed by atoms with Crippen LogP contribution in [0.2, 0.25) is 0 Å². The third kappa shape index (κ3) is 4.64. The molecular weight excluding hydrogens is 400 g/mol. The second-order valence-corrected chi connectivity index (χ2v) is 10.9. The molecule has 0 unspecified atom stereocenters. The number of carbonyl (C=O) groups is 1. The molecule has 0 radical (unpaired) electrons. The molecule has 32 heavy (non-hydrogen) atoms. The maximum absolute atomic E-state index is 12.2. The number of likely N-dealkylation sites (tertiary alicyclic amines) is 2. The molecule has 2 saturated heterocycles. The fraction of sp³-hybridized carbons (Fsp3) is 0.741. The van der Waals surface area contributed by atoms with Crippen molar-refractivity contribution in [3.63, 3.8) is 0 Å². The lowest BCUT2D eigenvalue weighted by molar-refractivity contribution is -0.136. The highest BCUT2D eigenvalue weighted by molar-refractivity contribution is 5.78.